The number of nitrogens with two attached hydrogens (primary N) is 2. The lowest BCUT2D eigenvalue weighted by atomic mass is 9.84. The summed E-state index contributed by atoms with van der Waals surface area (Å²) in [6.07, 6.45) is 1.77. The van der Waals surface area contributed by atoms with E-state index in [1.54, 1.807) is 0 Å². The van der Waals surface area contributed by atoms with Crippen LogP contribution in [-0.2, 0) is 28.8 Å². The SMILES string of the molecule is CC[C@H](C)[C@H](NC1CCC(=O)NCCCCC(C(=O)CC(CCC(N)=O)C(=O)O)CC1=O)C(N)=O. The average Bonchev–Trinajstić information content (AvgIpc) is 2.78. The minimum atomic E-state index is -1.20. The van der Waals surface area contributed by atoms with Crippen molar-refractivity contribution >= 4 is 35.3 Å². The van der Waals surface area contributed by atoms with E-state index in [2.05, 4.69) is 10.6 Å². The summed E-state index contributed by atoms with van der Waals surface area (Å²) in [6.45, 7) is 4.16. The number of ketones is 2. The van der Waals surface area contributed by atoms with Gasteiger partial charge in [0.05, 0.1) is 18.0 Å². The van der Waals surface area contributed by atoms with Crippen LogP contribution in [0.3, 0.4) is 0 Å². The first-order valence-corrected chi connectivity index (χ1v) is 12.3. The second-order valence-corrected chi connectivity index (χ2v) is 9.45. The number of carboxylic acid groups (broad SMARTS) is 1. The molecule has 7 N–H and O–H groups in total. The van der Waals surface area contributed by atoms with Crippen molar-refractivity contribution in [1.82, 2.24) is 10.6 Å². The van der Waals surface area contributed by atoms with Crippen molar-refractivity contribution in [2.45, 2.75) is 90.1 Å². The summed E-state index contributed by atoms with van der Waals surface area (Å²) in [5.41, 5.74) is 10.7. The topological polar surface area (TPSA) is 199 Å². The number of rotatable bonds is 12. The molecule has 1 saturated heterocycles. The second-order valence-electron chi connectivity index (χ2n) is 9.45. The lowest BCUT2D eigenvalue weighted by Crippen LogP contribution is -2.53. The molecule has 5 atom stereocenters. The van der Waals surface area contributed by atoms with Crippen molar-refractivity contribution in [2.24, 2.45) is 29.2 Å². The molecule has 1 heterocycles. The fourth-order valence-electron chi connectivity index (χ4n) is 4.22. The molecular weight excluding hydrogens is 456 g/mol. The Morgan fingerprint density at radius 2 is 1.83 bits per heavy atom. The molecule has 0 aromatic rings. The average molecular weight is 497 g/mol. The number of primary amides is 2. The minimum absolute atomic E-state index is 0.0531. The molecule has 0 aromatic carbocycles. The molecule has 3 unspecified atom stereocenters. The molecule has 0 bridgehead atoms. The maximum absolute atomic E-state index is 13.3. The molecule has 0 aromatic heterocycles. The van der Waals surface area contributed by atoms with Crippen LogP contribution in [0.2, 0.25) is 0 Å². The first-order valence-electron chi connectivity index (χ1n) is 12.3. The Labute approximate surface area is 206 Å². The van der Waals surface area contributed by atoms with Gasteiger partial charge >= 0.3 is 5.97 Å². The van der Waals surface area contributed by atoms with Crippen molar-refractivity contribution in [2.75, 3.05) is 6.54 Å². The third kappa shape index (κ3) is 11.0. The molecule has 11 nitrogen and oxygen atoms in total. The number of amides is 3. The third-order valence-electron chi connectivity index (χ3n) is 6.69. The molecule has 11 heteroatoms. The standard InChI is InChI=1S/C24H40N4O7/c1-3-14(2)22(23(26)33)28-17-8-10-21(32)27-11-5-4-6-15(12-19(17)30)18(29)13-16(24(34)35)7-9-20(25)31/h14-17,22,28H,3-13H2,1-2H3,(H2,25,31)(H2,26,33)(H,27,32)(H,34,35)/t14-,15?,16?,17?,22-/m0/s1. The van der Waals surface area contributed by atoms with Crippen molar-refractivity contribution in [3.8, 4) is 0 Å². The van der Waals surface area contributed by atoms with Gasteiger partial charge in [-0.05, 0) is 31.6 Å². The van der Waals surface area contributed by atoms with E-state index in [4.69, 9.17) is 11.5 Å². The molecule has 3 amide bonds. The van der Waals surface area contributed by atoms with E-state index in [0.717, 1.165) is 0 Å². The molecule has 1 aliphatic rings. The van der Waals surface area contributed by atoms with Gasteiger partial charge in [0.25, 0.3) is 0 Å². The smallest absolute Gasteiger partial charge is 0.306 e. The molecule has 0 aliphatic carbocycles. The third-order valence-corrected chi connectivity index (χ3v) is 6.69. The zero-order valence-electron chi connectivity index (χ0n) is 20.7. The summed E-state index contributed by atoms with van der Waals surface area (Å²) >= 11 is 0. The summed E-state index contributed by atoms with van der Waals surface area (Å²) in [7, 11) is 0. The number of nitrogens with one attached hydrogen (secondary N) is 2. The molecule has 0 saturated carbocycles. The van der Waals surface area contributed by atoms with Gasteiger partial charge in [0, 0.05) is 38.1 Å². The van der Waals surface area contributed by atoms with E-state index >= 15 is 0 Å². The number of Topliss-reactive ketones (excluding diaryl/α,β-unsaturated/α-hetero) is 2. The zero-order chi connectivity index (χ0) is 26.5. The molecule has 1 aliphatic heterocycles. The highest BCUT2D eigenvalue weighted by Gasteiger charge is 2.33. The van der Waals surface area contributed by atoms with E-state index in [1.165, 1.54) is 0 Å². The van der Waals surface area contributed by atoms with Crippen LogP contribution in [0.15, 0.2) is 0 Å². The van der Waals surface area contributed by atoms with Crippen LogP contribution in [0.1, 0.15) is 78.1 Å². The van der Waals surface area contributed by atoms with Crippen LogP contribution < -0.4 is 22.1 Å². The normalized spacial score (nSPS) is 22.6. The summed E-state index contributed by atoms with van der Waals surface area (Å²) in [5.74, 6) is -5.24. The Hall–Kier alpha value is -2.82. The molecule has 35 heavy (non-hydrogen) atoms. The number of carbonyl (C=O) groups excluding carboxylic acids is 5. The van der Waals surface area contributed by atoms with Crippen LogP contribution in [0.25, 0.3) is 0 Å². The van der Waals surface area contributed by atoms with Crippen LogP contribution in [-0.4, -0.2) is 59.0 Å². The number of aliphatic carboxylic acids is 1. The lowest BCUT2D eigenvalue weighted by Gasteiger charge is -2.28. The van der Waals surface area contributed by atoms with Crippen LogP contribution in [0, 0.1) is 17.8 Å². The molecule has 0 spiro atoms. The molecule has 0 radical (unpaired) electrons. The van der Waals surface area contributed by atoms with Crippen LogP contribution in [0.5, 0.6) is 0 Å². The summed E-state index contributed by atoms with van der Waals surface area (Å²) in [4.78, 5) is 73.2. The van der Waals surface area contributed by atoms with E-state index in [9.17, 15) is 33.9 Å². The predicted octanol–water partition coefficient (Wildman–Crippen LogP) is 0.426. The molecular formula is C24H40N4O7. The van der Waals surface area contributed by atoms with E-state index < -0.39 is 41.7 Å². The summed E-state index contributed by atoms with van der Waals surface area (Å²) < 4.78 is 0. The molecule has 1 rings (SSSR count). The zero-order valence-corrected chi connectivity index (χ0v) is 20.7. The Morgan fingerprint density at radius 3 is 2.40 bits per heavy atom. The highest BCUT2D eigenvalue weighted by molar-refractivity contribution is 5.93. The fourth-order valence-corrected chi connectivity index (χ4v) is 4.22. The van der Waals surface area contributed by atoms with Gasteiger partial charge in [-0.2, -0.15) is 0 Å². The Kier molecular flexibility index (Phi) is 13.1. The molecule has 198 valence electrons. The highest BCUT2D eigenvalue weighted by atomic mass is 16.4. The van der Waals surface area contributed by atoms with Gasteiger partial charge in [0.1, 0.15) is 11.6 Å². The predicted molar refractivity (Wildman–Crippen MR) is 128 cm³/mol. The number of carboxylic acids is 1. The largest absolute Gasteiger partial charge is 0.481 e. The summed E-state index contributed by atoms with van der Waals surface area (Å²) in [6, 6.07) is -1.63. The first-order chi connectivity index (χ1) is 16.5. The fraction of sp³-hybridized carbons (Fsp3) is 0.750. The van der Waals surface area contributed by atoms with Crippen LogP contribution in [0.4, 0.5) is 0 Å². The Morgan fingerprint density at radius 1 is 1.14 bits per heavy atom. The van der Waals surface area contributed by atoms with E-state index in [0.29, 0.717) is 32.2 Å². The van der Waals surface area contributed by atoms with Crippen molar-refractivity contribution in [3.05, 3.63) is 0 Å². The van der Waals surface area contributed by atoms with Crippen molar-refractivity contribution in [1.29, 1.82) is 0 Å². The van der Waals surface area contributed by atoms with E-state index in [-0.39, 0.29) is 61.9 Å². The van der Waals surface area contributed by atoms with E-state index in [1.807, 2.05) is 13.8 Å². The van der Waals surface area contributed by atoms with Crippen LogP contribution >= 0.6 is 0 Å². The minimum Gasteiger partial charge on any atom is -0.481 e. The van der Waals surface area contributed by atoms with Gasteiger partial charge in [-0.3, -0.25) is 34.1 Å². The van der Waals surface area contributed by atoms with Gasteiger partial charge in [-0.25, -0.2) is 0 Å². The van der Waals surface area contributed by atoms with Gasteiger partial charge in [0.2, 0.25) is 17.7 Å². The number of carbonyl (C=O) groups is 6. The maximum Gasteiger partial charge on any atom is 0.306 e. The first kappa shape index (κ1) is 30.2. The quantitative estimate of drug-likeness (QED) is 0.256. The van der Waals surface area contributed by atoms with Crippen molar-refractivity contribution < 1.29 is 33.9 Å². The van der Waals surface area contributed by atoms with Crippen molar-refractivity contribution in [3.63, 3.8) is 0 Å². The van der Waals surface area contributed by atoms with Gasteiger partial charge in [-0.15, -0.1) is 0 Å². The lowest BCUT2D eigenvalue weighted by molar-refractivity contribution is -0.144. The number of hydrogen-bond donors (Lipinski definition) is 5. The maximum atomic E-state index is 13.3. The molecule has 1 fully saturated rings. The second kappa shape index (κ2) is 15.2. The monoisotopic (exact) mass is 496 g/mol. The highest BCUT2D eigenvalue weighted by Crippen LogP contribution is 2.23. The summed E-state index contributed by atoms with van der Waals surface area (Å²) in [5, 5.41) is 15.3. The number of hydrogen-bond acceptors (Lipinski definition) is 7. The Balaban J connectivity index is 3.08. The van der Waals surface area contributed by atoms with Gasteiger partial charge < -0.3 is 21.9 Å². The van der Waals surface area contributed by atoms with Gasteiger partial charge in [-0.1, -0.05) is 26.7 Å². The van der Waals surface area contributed by atoms with Gasteiger partial charge in [0.15, 0.2) is 0 Å². The Bertz CT molecular complexity index is 786.